The van der Waals surface area contributed by atoms with E-state index in [1.807, 2.05) is 30.9 Å². The second kappa shape index (κ2) is 9.37. The van der Waals surface area contributed by atoms with E-state index in [4.69, 9.17) is 11.0 Å². The molecule has 2 heterocycles. The molecule has 4 rings (SSSR count). The zero-order valence-electron chi connectivity index (χ0n) is 20.2. The molecule has 10 heteroatoms. The fraction of sp³-hybridized carbons (Fsp3) is 0.423. The van der Waals surface area contributed by atoms with Crippen LogP contribution in [-0.2, 0) is 11.0 Å². The number of alkyl halides is 3. The van der Waals surface area contributed by atoms with Gasteiger partial charge in [-0.3, -0.25) is 4.79 Å². The van der Waals surface area contributed by atoms with Crippen LogP contribution in [-0.4, -0.2) is 42.5 Å². The first-order valence-corrected chi connectivity index (χ1v) is 11.7. The van der Waals surface area contributed by atoms with Gasteiger partial charge in [-0.2, -0.15) is 18.4 Å². The number of nitrogens with two attached hydrogens (primary N) is 1. The first-order valence-electron chi connectivity index (χ1n) is 11.7. The molecule has 2 aliphatic heterocycles. The number of halogens is 3. The van der Waals surface area contributed by atoms with Crippen molar-refractivity contribution in [1.82, 2.24) is 4.90 Å². The molecule has 2 aliphatic rings. The lowest BCUT2D eigenvalue weighted by Crippen LogP contribution is -2.46. The van der Waals surface area contributed by atoms with Crippen LogP contribution in [0.5, 0.6) is 0 Å². The molecule has 1 spiro atoms. The average Bonchev–Trinajstić information content (AvgIpc) is 3.20. The highest BCUT2D eigenvalue weighted by atomic mass is 19.4. The van der Waals surface area contributed by atoms with Crippen LogP contribution in [0.4, 0.5) is 29.3 Å². The van der Waals surface area contributed by atoms with Crippen LogP contribution in [0.15, 0.2) is 36.4 Å². The number of likely N-dealkylation sites (tertiary alicyclic amines) is 1. The molecule has 36 heavy (non-hydrogen) atoms. The van der Waals surface area contributed by atoms with Gasteiger partial charge in [0.1, 0.15) is 6.04 Å². The summed E-state index contributed by atoms with van der Waals surface area (Å²) in [6.07, 6.45) is -3.03. The van der Waals surface area contributed by atoms with Gasteiger partial charge in [-0.1, -0.05) is 6.07 Å². The molecule has 2 fully saturated rings. The van der Waals surface area contributed by atoms with E-state index in [2.05, 4.69) is 5.32 Å². The molecule has 7 nitrogen and oxygen atoms in total. The normalized spacial score (nSPS) is 19.3. The van der Waals surface area contributed by atoms with Crippen LogP contribution in [0.1, 0.15) is 41.5 Å². The summed E-state index contributed by atoms with van der Waals surface area (Å²) in [6, 6.07) is 9.75. The maximum Gasteiger partial charge on any atom is 0.417 e. The molecule has 0 bridgehead atoms. The zero-order chi connectivity index (χ0) is 26.3. The molecule has 1 unspecified atom stereocenters. The molecule has 0 aliphatic carbocycles. The lowest BCUT2D eigenvalue weighted by atomic mass is 9.76. The number of benzene rings is 2. The van der Waals surface area contributed by atoms with Gasteiger partial charge in [0.2, 0.25) is 5.91 Å². The number of hydrogen-bond acceptors (Lipinski definition) is 4. The minimum Gasteiger partial charge on any atom is -0.371 e. The number of nitriles is 1. The van der Waals surface area contributed by atoms with Gasteiger partial charge >= 0.3 is 12.2 Å². The molecule has 1 atom stereocenters. The Balaban J connectivity index is 1.48. The van der Waals surface area contributed by atoms with Crippen molar-refractivity contribution in [1.29, 1.82) is 5.26 Å². The number of anilines is 2. The Kier molecular flexibility index (Phi) is 6.60. The lowest BCUT2D eigenvalue weighted by molar-refractivity contribution is -0.137. The van der Waals surface area contributed by atoms with E-state index in [9.17, 15) is 22.8 Å². The highest BCUT2D eigenvalue weighted by Gasteiger charge is 2.49. The number of carbonyl (C=O) groups excluding carboxylic acids is 2. The summed E-state index contributed by atoms with van der Waals surface area (Å²) < 4.78 is 40.2. The number of primary amides is 1. The van der Waals surface area contributed by atoms with Crippen LogP contribution in [0, 0.1) is 30.6 Å². The second-order valence-corrected chi connectivity index (χ2v) is 9.81. The van der Waals surface area contributed by atoms with Crippen LogP contribution in [0.25, 0.3) is 0 Å². The molecule has 2 aromatic carbocycles. The van der Waals surface area contributed by atoms with Crippen molar-refractivity contribution < 1.29 is 22.8 Å². The standard InChI is InChI=1S/C26H28F3N5O2/c1-16-3-5-19(11-17(16)2)32-24(36)34-15-25(13-22(34)23(31)35)7-9-33(10-8-25)20-6-4-18(14-30)21(12-20)26(27,28)29/h3-6,11-12,22H,7-10,13,15H2,1-2H3,(H2,31,35)(H,32,36). The number of nitrogens with zero attached hydrogens (tertiary/aromatic N) is 3. The number of nitrogens with one attached hydrogen (secondary N) is 1. The van der Waals surface area contributed by atoms with E-state index in [0.717, 1.165) is 17.2 Å². The van der Waals surface area contributed by atoms with Crippen molar-refractivity contribution in [2.75, 3.05) is 29.9 Å². The molecule has 0 aromatic heterocycles. The minimum absolute atomic E-state index is 0.340. The smallest absolute Gasteiger partial charge is 0.371 e. The maximum atomic E-state index is 13.4. The molecule has 0 radical (unpaired) electrons. The van der Waals surface area contributed by atoms with Crippen LogP contribution in [0.3, 0.4) is 0 Å². The quantitative estimate of drug-likeness (QED) is 0.646. The van der Waals surface area contributed by atoms with Crippen LogP contribution >= 0.6 is 0 Å². The van der Waals surface area contributed by atoms with Crippen molar-refractivity contribution in [2.45, 2.75) is 45.3 Å². The van der Waals surface area contributed by atoms with Crippen molar-refractivity contribution in [3.8, 4) is 6.07 Å². The Labute approximate surface area is 207 Å². The Morgan fingerprint density at radius 3 is 2.39 bits per heavy atom. The summed E-state index contributed by atoms with van der Waals surface area (Å²) in [5.41, 5.74) is 7.08. The topological polar surface area (TPSA) is 102 Å². The number of hydrogen-bond donors (Lipinski definition) is 2. The SMILES string of the molecule is Cc1ccc(NC(=O)N2CC3(CCN(c4ccc(C#N)c(C(F)(F)F)c4)CC3)CC2C(N)=O)cc1C. The van der Waals surface area contributed by atoms with E-state index in [1.165, 1.54) is 17.0 Å². The molecular formula is C26H28F3N5O2. The van der Waals surface area contributed by atoms with Gasteiger partial charge in [-0.15, -0.1) is 0 Å². The van der Waals surface area contributed by atoms with Gasteiger partial charge in [0.05, 0.1) is 17.2 Å². The fourth-order valence-electron chi connectivity index (χ4n) is 5.20. The summed E-state index contributed by atoms with van der Waals surface area (Å²) in [4.78, 5) is 28.7. The van der Waals surface area contributed by atoms with Gasteiger partial charge in [0.15, 0.2) is 0 Å². The first kappa shape index (κ1) is 25.4. The highest BCUT2D eigenvalue weighted by Crippen LogP contribution is 2.45. The molecule has 0 saturated carbocycles. The third kappa shape index (κ3) is 4.96. The molecular weight excluding hydrogens is 471 g/mol. The summed E-state index contributed by atoms with van der Waals surface area (Å²) in [7, 11) is 0. The number of amides is 3. The summed E-state index contributed by atoms with van der Waals surface area (Å²) in [5.74, 6) is -0.577. The van der Waals surface area contributed by atoms with Crippen LogP contribution < -0.4 is 16.0 Å². The van der Waals surface area contributed by atoms with Crippen molar-refractivity contribution in [2.24, 2.45) is 11.1 Å². The summed E-state index contributed by atoms with van der Waals surface area (Å²) >= 11 is 0. The average molecular weight is 500 g/mol. The van der Waals surface area contributed by atoms with Gasteiger partial charge in [0.25, 0.3) is 0 Å². The third-order valence-corrected chi connectivity index (χ3v) is 7.47. The van der Waals surface area contributed by atoms with E-state index in [1.54, 1.807) is 12.1 Å². The molecule has 3 N–H and O–H groups in total. The Hall–Kier alpha value is -3.74. The third-order valence-electron chi connectivity index (χ3n) is 7.47. The van der Waals surface area contributed by atoms with E-state index in [-0.39, 0.29) is 5.41 Å². The van der Waals surface area contributed by atoms with E-state index in [0.29, 0.717) is 50.3 Å². The monoisotopic (exact) mass is 499 g/mol. The summed E-state index contributed by atoms with van der Waals surface area (Å²) in [5, 5.41) is 11.9. The van der Waals surface area contributed by atoms with Gasteiger partial charge in [0, 0.05) is 31.0 Å². The van der Waals surface area contributed by atoms with Crippen molar-refractivity contribution in [3.05, 3.63) is 58.7 Å². The zero-order valence-corrected chi connectivity index (χ0v) is 20.2. The van der Waals surface area contributed by atoms with Crippen molar-refractivity contribution in [3.63, 3.8) is 0 Å². The summed E-state index contributed by atoms with van der Waals surface area (Å²) in [6.45, 7) is 5.18. The molecule has 2 aromatic rings. The highest BCUT2D eigenvalue weighted by molar-refractivity contribution is 5.94. The Bertz CT molecular complexity index is 1230. The largest absolute Gasteiger partial charge is 0.417 e. The minimum atomic E-state index is -4.62. The van der Waals surface area contributed by atoms with E-state index < -0.39 is 35.3 Å². The number of rotatable bonds is 3. The molecule has 3 amide bonds. The van der Waals surface area contributed by atoms with Gasteiger partial charge < -0.3 is 20.9 Å². The van der Waals surface area contributed by atoms with Crippen LogP contribution in [0.2, 0.25) is 0 Å². The second-order valence-electron chi connectivity index (χ2n) is 9.81. The number of aryl methyl sites for hydroxylation is 2. The molecule has 190 valence electrons. The predicted octanol–water partition coefficient (Wildman–Crippen LogP) is 4.57. The van der Waals surface area contributed by atoms with E-state index >= 15 is 0 Å². The predicted molar refractivity (Wildman–Crippen MR) is 129 cm³/mol. The number of urea groups is 1. The number of carbonyl (C=O) groups is 2. The van der Waals surface area contributed by atoms with Gasteiger partial charge in [-0.05, 0) is 80.0 Å². The maximum absolute atomic E-state index is 13.4. The Morgan fingerprint density at radius 2 is 1.81 bits per heavy atom. The first-order chi connectivity index (χ1) is 16.9. The Morgan fingerprint density at radius 1 is 1.11 bits per heavy atom. The molecule has 2 saturated heterocycles. The van der Waals surface area contributed by atoms with Gasteiger partial charge in [-0.25, -0.2) is 4.79 Å². The lowest BCUT2D eigenvalue weighted by Gasteiger charge is -2.40. The fourth-order valence-corrected chi connectivity index (χ4v) is 5.20. The number of piperidine rings is 1. The van der Waals surface area contributed by atoms with Crippen molar-refractivity contribution >= 4 is 23.3 Å².